The Hall–Kier alpha value is -1.35. The van der Waals surface area contributed by atoms with Gasteiger partial charge in [-0.05, 0) is 43.9 Å². The van der Waals surface area contributed by atoms with Gasteiger partial charge in [0, 0.05) is 19.6 Å². The van der Waals surface area contributed by atoms with Gasteiger partial charge in [0.15, 0.2) is 0 Å². The van der Waals surface area contributed by atoms with Crippen LogP contribution in [0, 0.1) is 6.92 Å². The molecule has 1 N–H and O–H groups in total. The molecule has 120 valence electrons. The minimum Gasteiger partial charge on any atom is -0.341 e. The Morgan fingerprint density at radius 1 is 1.05 bits per heavy atom. The van der Waals surface area contributed by atoms with Crippen molar-refractivity contribution >= 4 is 5.91 Å². The summed E-state index contributed by atoms with van der Waals surface area (Å²) in [6.07, 6.45) is 6.71. The molecule has 1 aromatic carbocycles. The zero-order valence-electron chi connectivity index (χ0n) is 13.7. The highest BCUT2D eigenvalue weighted by Gasteiger charge is 2.44. The van der Waals surface area contributed by atoms with Crippen LogP contribution >= 0.6 is 0 Å². The molecule has 1 saturated carbocycles. The first-order chi connectivity index (χ1) is 10.7. The number of aryl methyl sites for hydroxylation is 1. The van der Waals surface area contributed by atoms with Crippen LogP contribution in [0.4, 0.5) is 0 Å². The highest BCUT2D eigenvalue weighted by molar-refractivity contribution is 5.89. The average Bonchev–Trinajstić information content (AvgIpc) is 2.84. The number of carbonyl (C=O) groups is 1. The molecule has 3 rings (SSSR count). The molecule has 1 amide bonds. The Bertz CT molecular complexity index is 512. The van der Waals surface area contributed by atoms with E-state index in [2.05, 4.69) is 41.4 Å². The van der Waals surface area contributed by atoms with Crippen LogP contribution < -0.4 is 5.32 Å². The van der Waals surface area contributed by atoms with E-state index in [1.54, 1.807) is 0 Å². The summed E-state index contributed by atoms with van der Waals surface area (Å²) in [5.41, 5.74) is 2.27. The van der Waals surface area contributed by atoms with Gasteiger partial charge in [-0.3, -0.25) is 4.79 Å². The second-order valence-corrected chi connectivity index (χ2v) is 6.85. The number of hydrogen-bond donors (Lipinski definition) is 1. The van der Waals surface area contributed by atoms with E-state index in [0.29, 0.717) is 5.91 Å². The monoisotopic (exact) mass is 300 g/mol. The highest BCUT2D eigenvalue weighted by Crippen LogP contribution is 2.42. The SMILES string of the molecule is Cc1ccccc1C1(C(=O)N2CCCNCC2)CCCCC1. The van der Waals surface area contributed by atoms with Crippen LogP contribution in [0.3, 0.4) is 0 Å². The summed E-state index contributed by atoms with van der Waals surface area (Å²) in [6.45, 7) is 5.87. The number of nitrogens with one attached hydrogen (secondary N) is 1. The molecule has 3 heteroatoms. The molecule has 2 fully saturated rings. The predicted octanol–water partition coefficient (Wildman–Crippen LogP) is 3.02. The smallest absolute Gasteiger partial charge is 0.233 e. The summed E-state index contributed by atoms with van der Waals surface area (Å²) >= 11 is 0. The summed E-state index contributed by atoms with van der Waals surface area (Å²) in [4.78, 5) is 15.6. The predicted molar refractivity (Wildman–Crippen MR) is 90.0 cm³/mol. The lowest BCUT2D eigenvalue weighted by molar-refractivity contribution is -0.138. The average molecular weight is 300 g/mol. The van der Waals surface area contributed by atoms with Crippen LogP contribution in [0.5, 0.6) is 0 Å². The largest absolute Gasteiger partial charge is 0.341 e. The minimum absolute atomic E-state index is 0.270. The summed E-state index contributed by atoms with van der Waals surface area (Å²) in [7, 11) is 0. The third-order valence-electron chi connectivity index (χ3n) is 5.40. The molecule has 0 aromatic heterocycles. The van der Waals surface area contributed by atoms with Gasteiger partial charge in [-0.15, -0.1) is 0 Å². The van der Waals surface area contributed by atoms with E-state index in [-0.39, 0.29) is 5.41 Å². The van der Waals surface area contributed by atoms with E-state index in [1.807, 2.05) is 0 Å². The summed E-state index contributed by atoms with van der Waals surface area (Å²) < 4.78 is 0. The maximum atomic E-state index is 13.5. The van der Waals surface area contributed by atoms with Gasteiger partial charge in [0.05, 0.1) is 5.41 Å². The number of benzene rings is 1. The zero-order chi connectivity index (χ0) is 15.4. The lowest BCUT2D eigenvalue weighted by Gasteiger charge is -2.41. The second-order valence-electron chi connectivity index (χ2n) is 6.85. The summed E-state index contributed by atoms with van der Waals surface area (Å²) in [6, 6.07) is 8.52. The molecule has 3 nitrogen and oxygen atoms in total. The standard InChI is InChI=1S/C19H28N2O/c1-16-8-3-4-9-17(16)19(10-5-2-6-11-19)18(22)21-14-7-12-20-13-15-21/h3-4,8-9,20H,2,5-7,10-15H2,1H3. The van der Waals surface area contributed by atoms with Gasteiger partial charge in [0.25, 0.3) is 0 Å². The molecular formula is C19H28N2O. The van der Waals surface area contributed by atoms with Gasteiger partial charge >= 0.3 is 0 Å². The molecule has 22 heavy (non-hydrogen) atoms. The van der Waals surface area contributed by atoms with Gasteiger partial charge in [0.2, 0.25) is 5.91 Å². The Kier molecular flexibility index (Phi) is 4.82. The highest BCUT2D eigenvalue weighted by atomic mass is 16.2. The Morgan fingerprint density at radius 3 is 2.59 bits per heavy atom. The zero-order valence-corrected chi connectivity index (χ0v) is 13.7. The summed E-state index contributed by atoms with van der Waals surface area (Å²) in [5, 5.41) is 3.40. The fraction of sp³-hybridized carbons (Fsp3) is 0.632. The second kappa shape index (κ2) is 6.82. The number of hydrogen-bond acceptors (Lipinski definition) is 2. The van der Waals surface area contributed by atoms with E-state index in [0.717, 1.165) is 45.4 Å². The lowest BCUT2D eigenvalue weighted by atomic mass is 9.67. The van der Waals surface area contributed by atoms with Gasteiger partial charge in [-0.25, -0.2) is 0 Å². The first kappa shape index (κ1) is 15.5. The van der Waals surface area contributed by atoms with Gasteiger partial charge in [0.1, 0.15) is 0 Å². The Morgan fingerprint density at radius 2 is 1.82 bits per heavy atom. The molecule has 0 radical (unpaired) electrons. The molecular weight excluding hydrogens is 272 g/mol. The molecule has 1 saturated heterocycles. The summed E-state index contributed by atoms with van der Waals surface area (Å²) in [5.74, 6) is 0.380. The molecule has 0 spiro atoms. The van der Waals surface area contributed by atoms with Gasteiger partial charge < -0.3 is 10.2 Å². The molecule has 0 bridgehead atoms. The van der Waals surface area contributed by atoms with Crippen LogP contribution in [0.1, 0.15) is 49.7 Å². The molecule has 0 atom stereocenters. The molecule has 0 unspecified atom stereocenters. The van der Waals surface area contributed by atoms with Gasteiger partial charge in [-0.2, -0.15) is 0 Å². The van der Waals surface area contributed by atoms with Crippen molar-refractivity contribution in [3.63, 3.8) is 0 Å². The van der Waals surface area contributed by atoms with E-state index >= 15 is 0 Å². The van der Waals surface area contributed by atoms with Crippen molar-refractivity contribution in [2.45, 2.75) is 50.9 Å². The van der Waals surface area contributed by atoms with E-state index in [1.165, 1.54) is 30.4 Å². The van der Waals surface area contributed by atoms with Crippen molar-refractivity contribution in [3.05, 3.63) is 35.4 Å². The molecule has 1 heterocycles. The maximum absolute atomic E-state index is 13.5. The van der Waals surface area contributed by atoms with Crippen LogP contribution in [0.15, 0.2) is 24.3 Å². The normalized spacial score (nSPS) is 22.1. The fourth-order valence-electron chi connectivity index (χ4n) is 4.22. The topological polar surface area (TPSA) is 32.3 Å². The number of rotatable bonds is 2. The first-order valence-corrected chi connectivity index (χ1v) is 8.80. The van der Waals surface area contributed by atoms with Crippen molar-refractivity contribution in [1.29, 1.82) is 0 Å². The van der Waals surface area contributed by atoms with E-state index in [4.69, 9.17) is 0 Å². The van der Waals surface area contributed by atoms with Crippen molar-refractivity contribution in [2.75, 3.05) is 26.2 Å². The molecule has 2 aliphatic rings. The number of nitrogens with zero attached hydrogens (tertiary/aromatic N) is 1. The Labute approximate surface area is 134 Å². The number of carbonyl (C=O) groups excluding carboxylic acids is 1. The minimum atomic E-state index is -0.270. The quantitative estimate of drug-likeness (QED) is 0.910. The molecule has 1 aliphatic heterocycles. The van der Waals surface area contributed by atoms with Gasteiger partial charge in [-0.1, -0.05) is 43.5 Å². The lowest BCUT2D eigenvalue weighted by Crippen LogP contribution is -2.49. The molecule has 1 aliphatic carbocycles. The first-order valence-electron chi connectivity index (χ1n) is 8.80. The number of amides is 1. The van der Waals surface area contributed by atoms with Crippen LogP contribution in [-0.4, -0.2) is 37.0 Å². The van der Waals surface area contributed by atoms with E-state index < -0.39 is 0 Å². The third kappa shape index (κ3) is 2.91. The Balaban J connectivity index is 1.95. The van der Waals surface area contributed by atoms with E-state index in [9.17, 15) is 4.79 Å². The fourth-order valence-corrected chi connectivity index (χ4v) is 4.22. The van der Waals surface area contributed by atoms with Crippen molar-refractivity contribution in [2.24, 2.45) is 0 Å². The van der Waals surface area contributed by atoms with Crippen LogP contribution in [-0.2, 0) is 10.2 Å². The molecule has 1 aromatic rings. The third-order valence-corrected chi connectivity index (χ3v) is 5.40. The van der Waals surface area contributed by atoms with Crippen LogP contribution in [0.2, 0.25) is 0 Å². The van der Waals surface area contributed by atoms with Crippen molar-refractivity contribution in [3.8, 4) is 0 Å². The van der Waals surface area contributed by atoms with Crippen LogP contribution in [0.25, 0.3) is 0 Å². The maximum Gasteiger partial charge on any atom is 0.233 e. The van der Waals surface area contributed by atoms with Crippen molar-refractivity contribution in [1.82, 2.24) is 10.2 Å². The van der Waals surface area contributed by atoms with Crippen molar-refractivity contribution < 1.29 is 4.79 Å².